The summed E-state index contributed by atoms with van der Waals surface area (Å²) in [7, 11) is 0. The molecule has 6 heteroatoms. The molecule has 1 N–H and O–H groups in total. The number of carbonyl (C=O) groups is 1. The Morgan fingerprint density at radius 1 is 1.00 bits per heavy atom. The second-order valence-corrected chi connectivity index (χ2v) is 6.27. The monoisotopic (exact) mass is 356 g/mol. The Balaban J connectivity index is 1.63. The largest absolute Gasteiger partial charge is 0.322 e. The maximum atomic E-state index is 13.6. The lowest BCUT2D eigenvalue weighted by molar-refractivity contribution is 0.101. The van der Waals surface area contributed by atoms with Gasteiger partial charge in [-0.3, -0.25) is 9.78 Å². The molecule has 126 valence electrons. The van der Waals surface area contributed by atoms with Crippen molar-refractivity contribution in [3.05, 3.63) is 89.8 Å². The Hall–Kier alpha value is -2.73. The SMILES string of the molecule is O=C(Nc1ccc(SCc2cccnc2)cc1)c1c(F)cccc1F. The maximum Gasteiger partial charge on any atom is 0.261 e. The van der Waals surface area contributed by atoms with Gasteiger partial charge in [-0.25, -0.2) is 8.78 Å². The van der Waals surface area contributed by atoms with Gasteiger partial charge in [0.2, 0.25) is 0 Å². The van der Waals surface area contributed by atoms with E-state index in [9.17, 15) is 13.6 Å². The zero-order valence-corrected chi connectivity index (χ0v) is 13.9. The highest BCUT2D eigenvalue weighted by Crippen LogP contribution is 2.24. The zero-order chi connectivity index (χ0) is 17.6. The number of halogens is 2. The van der Waals surface area contributed by atoms with Crippen molar-refractivity contribution in [2.24, 2.45) is 0 Å². The second-order valence-electron chi connectivity index (χ2n) is 5.23. The molecular weight excluding hydrogens is 342 g/mol. The molecule has 3 aromatic rings. The van der Waals surface area contributed by atoms with Crippen LogP contribution >= 0.6 is 11.8 Å². The highest BCUT2D eigenvalue weighted by atomic mass is 32.2. The number of aromatic nitrogens is 1. The first-order chi connectivity index (χ1) is 12.1. The molecule has 0 saturated carbocycles. The first kappa shape index (κ1) is 17.1. The number of carbonyl (C=O) groups excluding carboxylic acids is 1. The number of anilines is 1. The van der Waals surface area contributed by atoms with E-state index in [4.69, 9.17) is 0 Å². The highest BCUT2D eigenvalue weighted by molar-refractivity contribution is 7.98. The quantitative estimate of drug-likeness (QED) is 0.661. The van der Waals surface area contributed by atoms with E-state index in [0.717, 1.165) is 28.3 Å². The number of nitrogens with zero attached hydrogens (tertiary/aromatic N) is 1. The van der Waals surface area contributed by atoms with Crippen LogP contribution in [0.5, 0.6) is 0 Å². The summed E-state index contributed by atoms with van der Waals surface area (Å²) >= 11 is 1.63. The minimum absolute atomic E-state index is 0.471. The molecule has 0 unspecified atom stereocenters. The van der Waals surface area contributed by atoms with Gasteiger partial charge in [-0.1, -0.05) is 12.1 Å². The van der Waals surface area contributed by atoms with Crippen LogP contribution in [0, 0.1) is 11.6 Å². The third-order valence-electron chi connectivity index (χ3n) is 3.43. The summed E-state index contributed by atoms with van der Waals surface area (Å²) < 4.78 is 27.2. The Kier molecular flexibility index (Phi) is 5.40. The molecule has 2 aromatic carbocycles. The normalized spacial score (nSPS) is 10.5. The van der Waals surface area contributed by atoms with Crippen LogP contribution in [0.2, 0.25) is 0 Å². The van der Waals surface area contributed by atoms with Gasteiger partial charge in [0.25, 0.3) is 5.91 Å². The van der Waals surface area contributed by atoms with Crippen LogP contribution in [-0.4, -0.2) is 10.9 Å². The molecule has 3 rings (SSSR count). The van der Waals surface area contributed by atoms with Crippen LogP contribution in [0.4, 0.5) is 14.5 Å². The van der Waals surface area contributed by atoms with Crippen LogP contribution in [0.15, 0.2) is 71.9 Å². The van der Waals surface area contributed by atoms with Crippen molar-refractivity contribution in [1.29, 1.82) is 0 Å². The van der Waals surface area contributed by atoms with Crippen molar-refractivity contribution in [1.82, 2.24) is 4.98 Å². The van der Waals surface area contributed by atoms with E-state index in [1.807, 2.05) is 30.5 Å². The van der Waals surface area contributed by atoms with Gasteiger partial charge in [0.1, 0.15) is 17.2 Å². The summed E-state index contributed by atoms with van der Waals surface area (Å²) in [5.41, 5.74) is 0.996. The molecule has 0 aliphatic heterocycles. The van der Waals surface area contributed by atoms with Gasteiger partial charge in [0, 0.05) is 28.7 Å². The number of hydrogen-bond donors (Lipinski definition) is 1. The summed E-state index contributed by atoms with van der Waals surface area (Å²) in [6.45, 7) is 0. The maximum absolute atomic E-state index is 13.6. The van der Waals surface area contributed by atoms with Gasteiger partial charge in [-0.2, -0.15) is 0 Å². The fourth-order valence-corrected chi connectivity index (χ4v) is 3.03. The lowest BCUT2D eigenvalue weighted by Gasteiger charge is -2.08. The number of benzene rings is 2. The number of pyridine rings is 1. The predicted molar refractivity (Wildman–Crippen MR) is 94.6 cm³/mol. The van der Waals surface area contributed by atoms with Crippen molar-refractivity contribution in [3.8, 4) is 0 Å². The Labute approximate surface area is 148 Å². The first-order valence-corrected chi connectivity index (χ1v) is 8.49. The Bertz CT molecular complexity index is 850. The summed E-state index contributed by atoms with van der Waals surface area (Å²) in [6, 6.07) is 14.3. The number of thioether (sulfide) groups is 1. The molecule has 0 atom stereocenters. The smallest absolute Gasteiger partial charge is 0.261 e. The van der Waals surface area contributed by atoms with Crippen LogP contribution in [0.1, 0.15) is 15.9 Å². The molecule has 1 amide bonds. The molecule has 0 spiro atoms. The summed E-state index contributed by atoms with van der Waals surface area (Å²) in [5.74, 6) is -1.81. The van der Waals surface area contributed by atoms with Crippen LogP contribution in [0.3, 0.4) is 0 Å². The Morgan fingerprint density at radius 2 is 1.72 bits per heavy atom. The highest BCUT2D eigenvalue weighted by Gasteiger charge is 2.16. The average Bonchev–Trinajstić information content (AvgIpc) is 2.62. The van der Waals surface area contributed by atoms with Gasteiger partial charge in [0.15, 0.2) is 0 Å². The van der Waals surface area contributed by atoms with Crippen molar-refractivity contribution >= 4 is 23.4 Å². The van der Waals surface area contributed by atoms with Crippen molar-refractivity contribution in [2.75, 3.05) is 5.32 Å². The van der Waals surface area contributed by atoms with E-state index in [1.165, 1.54) is 6.07 Å². The second kappa shape index (κ2) is 7.90. The van der Waals surface area contributed by atoms with Crippen molar-refractivity contribution in [2.45, 2.75) is 10.6 Å². The van der Waals surface area contributed by atoms with E-state index in [2.05, 4.69) is 10.3 Å². The number of nitrogens with one attached hydrogen (secondary N) is 1. The number of amides is 1. The third kappa shape index (κ3) is 4.42. The fourth-order valence-electron chi connectivity index (χ4n) is 2.19. The molecule has 0 bridgehead atoms. The van der Waals surface area contributed by atoms with E-state index in [-0.39, 0.29) is 0 Å². The lowest BCUT2D eigenvalue weighted by atomic mass is 10.2. The van der Waals surface area contributed by atoms with Crippen LogP contribution in [-0.2, 0) is 5.75 Å². The molecule has 3 nitrogen and oxygen atoms in total. The Morgan fingerprint density at radius 3 is 2.36 bits per heavy atom. The summed E-state index contributed by atoms with van der Waals surface area (Å²) in [4.78, 5) is 17.1. The fraction of sp³-hybridized carbons (Fsp3) is 0.0526. The first-order valence-electron chi connectivity index (χ1n) is 7.50. The molecule has 0 aliphatic rings. The molecule has 0 saturated heterocycles. The molecule has 0 aliphatic carbocycles. The van der Waals surface area contributed by atoms with Crippen LogP contribution < -0.4 is 5.32 Å². The van der Waals surface area contributed by atoms with Crippen LogP contribution in [0.25, 0.3) is 0 Å². The average molecular weight is 356 g/mol. The summed E-state index contributed by atoms with van der Waals surface area (Å²) in [6.07, 6.45) is 3.54. The van der Waals surface area contributed by atoms with Gasteiger partial charge >= 0.3 is 0 Å². The van der Waals surface area contributed by atoms with Crippen molar-refractivity contribution < 1.29 is 13.6 Å². The molecule has 0 fully saturated rings. The zero-order valence-electron chi connectivity index (χ0n) is 13.1. The molecule has 0 radical (unpaired) electrons. The number of rotatable bonds is 5. The molecule has 1 heterocycles. The van der Waals surface area contributed by atoms with Gasteiger partial charge in [0.05, 0.1) is 0 Å². The minimum Gasteiger partial charge on any atom is -0.322 e. The minimum atomic E-state index is -0.888. The van der Waals surface area contributed by atoms with E-state index >= 15 is 0 Å². The predicted octanol–water partition coefficient (Wildman–Crippen LogP) is 4.90. The van der Waals surface area contributed by atoms with E-state index < -0.39 is 23.1 Å². The summed E-state index contributed by atoms with van der Waals surface area (Å²) in [5, 5.41) is 2.50. The molecule has 1 aromatic heterocycles. The lowest BCUT2D eigenvalue weighted by Crippen LogP contribution is -2.15. The van der Waals surface area contributed by atoms with Gasteiger partial charge in [-0.05, 0) is 48.0 Å². The molecule has 25 heavy (non-hydrogen) atoms. The standard InChI is InChI=1S/C19H14F2N2OS/c20-16-4-1-5-17(21)18(16)19(24)23-14-6-8-15(9-7-14)25-12-13-3-2-10-22-11-13/h1-11H,12H2,(H,23,24). The van der Waals surface area contributed by atoms with Gasteiger partial charge in [-0.15, -0.1) is 11.8 Å². The third-order valence-corrected chi connectivity index (χ3v) is 4.51. The van der Waals surface area contributed by atoms with Crippen molar-refractivity contribution in [3.63, 3.8) is 0 Å². The topological polar surface area (TPSA) is 42.0 Å². The number of hydrogen-bond acceptors (Lipinski definition) is 3. The molecular formula is C19H14F2N2OS. The van der Waals surface area contributed by atoms with Gasteiger partial charge < -0.3 is 5.32 Å². The van der Waals surface area contributed by atoms with E-state index in [1.54, 1.807) is 30.1 Å². The van der Waals surface area contributed by atoms with E-state index in [0.29, 0.717) is 5.69 Å².